The van der Waals surface area contributed by atoms with Crippen molar-refractivity contribution in [2.45, 2.75) is 13.0 Å². The minimum Gasteiger partial charge on any atom is -0.496 e. The molecule has 1 amide bonds. The lowest BCUT2D eigenvalue weighted by Gasteiger charge is -2.18. The van der Waals surface area contributed by atoms with Crippen molar-refractivity contribution in [1.82, 2.24) is 4.90 Å². The summed E-state index contributed by atoms with van der Waals surface area (Å²) >= 11 is 0. The largest absolute Gasteiger partial charge is 0.496 e. The van der Waals surface area contributed by atoms with Crippen LogP contribution in [0.2, 0.25) is 0 Å². The van der Waals surface area contributed by atoms with Crippen LogP contribution < -0.4 is 10.5 Å². The van der Waals surface area contributed by atoms with E-state index in [1.54, 1.807) is 13.1 Å². The first-order valence-corrected chi connectivity index (χ1v) is 5.35. The molecule has 1 aromatic carbocycles. The average molecular weight is 240 g/mol. The van der Waals surface area contributed by atoms with Crippen LogP contribution in [0.25, 0.3) is 0 Å². The monoisotopic (exact) mass is 240 g/mol. The van der Waals surface area contributed by atoms with Crippen LogP contribution in [0.1, 0.15) is 12.0 Å². The zero-order chi connectivity index (χ0) is 12.8. The summed E-state index contributed by atoms with van der Waals surface area (Å²) in [5, 5.41) is 0. The molecule has 0 saturated heterocycles. The molecule has 0 atom stereocenters. The minimum atomic E-state index is -0.347. The molecule has 0 aromatic heterocycles. The van der Waals surface area contributed by atoms with Crippen molar-refractivity contribution in [2.24, 2.45) is 5.73 Å². The van der Waals surface area contributed by atoms with Crippen LogP contribution in [0.3, 0.4) is 0 Å². The number of carbonyl (C=O) groups excluding carboxylic acids is 1. The summed E-state index contributed by atoms with van der Waals surface area (Å²) in [7, 11) is 3.17. The molecule has 0 heterocycles. The van der Waals surface area contributed by atoms with Gasteiger partial charge in [0.2, 0.25) is 5.91 Å². The van der Waals surface area contributed by atoms with Gasteiger partial charge in [-0.15, -0.1) is 0 Å². The third kappa shape index (κ3) is 3.71. The van der Waals surface area contributed by atoms with Gasteiger partial charge in [0.25, 0.3) is 0 Å². The van der Waals surface area contributed by atoms with Gasteiger partial charge in [-0.25, -0.2) is 4.39 Å². The predicted molar refractivity (Wildman–Crippen MR) is 63.1 cm³/mol. The van der Waals surface area contributed by atoms with Crippen molar-refractivity contribution in [1.29, 1.82) is 0 Å². The summed E-state index contributed by atoms with van der Waals surface area (Å²) in [6, 6.07) is 4.24. The fourth-order valence-corrected chi connectivity index (χ4v) is 1.53. The molecule has 4 nitrogen and oxygen atoms in total. The van der Waals surface area contributed by atoms with Crippen molar-refractivity contribution >= 4 is 5.91 Å². The Hall–Kier alpha value is -1.62. The molecule has 0 aliphatic rings. The maximum absolute atomic E-state index is 13.1. The quantitative estimate of drug-likeness (QED) is 0.839. The molecule has 0 unspecified atom stereocenters. The van der Waals surface area contributed by atoms with Crippen LogP contribution in [-0.4, -0.2) is 31.5 Å². The van der Waals surface area contributed by atoms with Crippen molar-refractivity contribution < 1.29 is 13.9 Å². The predicted octanol–water partition coefficient (Wildman–Crippen LogP) is 1.14. The number of hydrogen-bond donors (Lipinski definition) is 1. The SMILES string of the molecule is COc1ccc(F)cc1CN(C)C(=O)CCN. The second kappa shape index (κ2) is 6.20. The highest BCUT2D eigenvalue weighted by Crippen LogP contribution is 2.20. The highest BCUT2D eigenvalue weighted by molar-refractivity contribution is 5.76. The summed E-state index contributed by atoms with van der Waals surface area (Å²) in [5.74, 6) is 0.151. The van der Waals surface area contributed by atoms with E-state index in [0.717, 1.165) is 0 Å². The Bertz CT molecular complexity index is 396. The van der Waals surface area contributed by atoms with Crippen LogP contribution in [-0.2, 0) is 11.3 Å². The minimum absolute atomic E-state index is 0.0705. The first kappa shape index (κ1) is 13.4. The van der Waals surface area contributed by atoms with Gasteiger partial charge in [-0.1, -0.05) is 0 Å². The smallest absolute Gasteiger partial charge is 0.223 e. The highest BCUT2D eigenvalue weighted by atomic mass is 19.1. The molecule has 0 spiro atoms. The Morgan fingerprint density at radius 1 is 1.53 bits per heavy atom. The van der Waals surface area contributed by atoms with E-state index in [0.29, 0.717) is 24.4 Å². The molecule has 1 aromatic rings. The van der Waals surface area contributed by atoms with E-state index in [1.165, 1.54) is 24.1 Å². The van der Waals surface area contributed by atoms with E-state index in [1.807, 2.05) is 0 Å². The molecule has 0 aliphatic carbocycles. The number of amides is 1. The van der Waals surface area contributed by atoms with Gasteiger partial charge in [0, 0.05) is 32.1 Å². The topological polar surface area (TPSA) is 55.6 Å². The molecule has 0 bridgehead atoms. The Morgan fingerprint density at radius 3 is 2.82 bits per heavy atom. The van der Waals surface area contributed by atoms with Crippen molar-refractivity contribution in [3.63, 3.8) is 0 Å². The van der Waals surface area contributed by atoms with E-state index in [9.17, 15) is 9.18 Å². The molecule has 94 valence electrons. The van der Waals surface area contributed by atoms with E-state index >= 15 is 0 Å². The fourth-order valence-electron chi connectivity index (χ4n) is 1.53. The van der Waals surface area contributed by atoms with Gasteiger partial charge in [0.1, 0.15) is 11.6 Å². The molecule has 5 heteroatoms. The third-order valence-electron chi connectivity index (χ3n) is 2.43. The number of halogens is 1. The van der Waals surface area contributed by atoms with Crippen LogP contribution >= 0.6 is 0 Å². The number of benzene rings is 1. The van der Waals surface area contributed by atoms with Crippen LogP contribution in [0.15, 0.2) is 18.2 Å². The molecular formula is C12H17FN2O2. The molecule has 0 saturated carbocycles. The molecule has 0 aliphatic heterocycles. The Morgan fingerprint density at radius 2 is 2.24 bits per heavy atom. The summed E-state index contributed by atoms with van der Waals surface area (Å²) in [6.07, 6.45) is 0.286. The summed E-state index contributed by atoms with van der Waals surface area (Å²) < 4.78 is 18.2. The second-order valence-corrected chi connectivity index (χ2v) is 3.74. The summed E-state index contributed by atoms with van der Waals surface area (Å²) in [5.41, 5.74) is 5.95. The molecule has 0 fully saturated rings. The van der Waals surface area contributed by atoms with Gasteiger partial charge in [0.15, 0.2) is 0 Å². The third-order valence-corrected chi connectivity index (χ3v) is 2.43. The summed E-state index contributed by atoms with van der Waals surface area (Å²) in [4.78, 5) is 13.0. The van der Waals surface area contributed by atoms with Gasteiger partial charge in [-0.05, 0) is 18.2 Å². The number of ether oxygens (including phenoxy) is 1. The van der Waals surface area contributed by atoms with Gasteiger partial charge >= 0.3 is 0 Å². The van der Waals surface area contributed by atoms with Crippen molar-refractivity contribution in [3.05, 3.63) is 29.6 Å². The number of hydrogen-bond acceptors (Lipinski definition) is 3. The zero-order valence-corrected chi connectivity index (χ0v) is 10.1. The summed E-state index contributed by atoms with van der Waals surface area (Å²) in [6.45, 7) is 0.614. The van der Waals surface area contributed by atoms with E-state index in [2.05, 4.69) is 0 Å². The van der Waals surface area contributed by atoms with Gasteiger partial charge < -0.3 is 15.4 Å². The van der Waals surface area contributed by atoms with Gasteiger partial charge in [0.05, 0.1) is 7.11 Å². The normalized spacial score (nSPS) is 10.1. The zero-order valence-electron chi connectivity index (χ0n) is 10.1. The number of nitrogens with two attached hydrogens (primary N) is 1. The lowest BCUT2D eigenvalue weighted by atomic mass is 10.2. The van der Waals surface area contributed by atoms with Crippen LogP contribution in [0, 0.1) is 5.82 Å². The van der Waals surface area contributed by atoms with Crippen molar-refractivity contribution in [2.75, 3.05) is 20.7 Å². The van der Waals surface area contributed by atoms with Crippen molar-refractivity contribution in [3.8, 4) is 5.75 Å². The number of methoxy groups -OCH3 is 1. The standard InChI is InChI=1S/C12H17FN2O2/c1-15(12(16)5-6-14)8-9-7-10(13)3-4-11(9)17-2/h3-4,7H,5-6,8,14H2,1-2H3. The lowest BCUT2D eigenvalue weighted by Crippen LogP contribution is -2.28. The van der Waals surface area contributed by atoms with Crippen LogP contribution in [0.5, 0.6) is 5.75 Å². The molecule has 17 heavy (non-hydrogen) atoms. The van der Waals surface area contributed by atoms with E-state index < -0.39 is 0 Å². The molecular weight excluding hydrogens is 223 g/mol. The van der Waals surface area contributed by atoms with E-state index in [4.69, 9.17) is 10.5 Å². The van der Waals surface area contributed by atoms with Gasteiger partial charge in [-0.2, -0.15) is 0 Å². The first-order valence-electron chi connectivity index (χ1n) is 5.35. The molecule has 0 radical (unpaired) electrons. The van der Waals surface area contributed by atoms with Gasteiger partial charge in [-0.3, -0.25) is 4.79 Å². The number of rotatable bonds is 5. The average Bonchev–Trinajstić information content (AvgIpc) is 2.29. The number of carbonyl (C=O) groups is 1. The Balaban J connectivity index is 2.79. The maximum Gasteiger partial charge on any atom is 0.223 e. The number of nitrogens with zero attached hydrogens (tertiary/aromatic N) is 1. The van der Waals surface area contributed by atoms with E-state index in [-0.39, 0.29) is 18.1 Å². The second-order valence-electron chi connectivity index (χ2n) is 3.74. The molecule has 1 rings (SSSR count). The maximum atomic E-state index is 13.1. The fraction of sp³-hybridized carbons (Fsp3) is 0.417. The molecule has 2 N–H and O–H groups in total. The Kier molecular flexibility index (Phi) is 4.90. The first-order chi connectivity index (χ1) is 8.08. The highest BCUT2D eigenvalue weighted by Gasteiger charge is 2.11. The lowest BCUT2D eigenvalue weighted by molar-refractivity contribution is -0.130. The van der Waals surface area contributed by atoms with Crippen LogP contribution in [0.4, 0.5) is 4.39 Å². The Labute approximate surface area is 100 Å².